The zero-order chi connectivity index (χ0) is 29.8. The van der Waals surface area contributed by atoms with Crippen LogP contribution in [0.3, 0.4) is 0 Å². The normalized spacial score (nSPS) is 18.4. The fourth-order valence-electron chi connectivity index (χ4n) is 6.21. The summed E-state index contributed by atoms with van der Waals surface area (Å²) in [5.41, 5.74) is 9.83. The van der Waals surface area contributed by atoms with Crippen molar-refractivity contribution in [1.29, 1.82) is 0 Å². The Morgan fingerprint density at radius 3 is 2.47 bits per heavy atom. The highest BCUT2D eigenvalue weighted by Gasteiger charge is 2.25. The standard InChI is InChI=1S/C32H38N8O3/c33-30(42)29-31(36-27(20-34-29)39-14-2-1-3-15-39)35-25-9-7-23(8-10-25)24-11-16-38(17-12-24)21-22-5-4-6-26(19-22)40-18-13-28(41)37-32(40)43/h4-10,19-20,24H,1-3,11-18,21H2,(H2,33,42)(H,35,36)(H,37,41,43). The second kappa shape index (κ2) is 12.8. The number of anilines is 4. The summed E-state index contributed by atoms with van der Waals surface area (Å²) in [6.45, 7) is 5.05. The summed E-state index contributed by atoms with van der Waals surface area (Å²) in [5.74, 6) is 0.778. The van der Waals surface area contributed by atoms with Crippen molar-refractivity contribution in [2.24, 2.45) is 5.73 Å². The number of hydrogen-bond acceptors (Lipinski definition) is 8. The first-order valence-electron chi connectivity index (χ1n) is 15.1. The first kappa shape index (κ1) is 28.6. The zero-order valence-electron chi connectivity index (χ0n) is 24.3. The molecule has 0 unspecified atom stereocenters. The largest absolute Gasteiger partial charge is 0.364 e. The maximum Gasteiger partial charge on any atom is 0.328 e. The number of aromatic nitrogens is 2. The number of hydrogen-bond donors (Lipinski definition) is 3. The zero-order valence-corrected chi connectivity index (χ0v) is 24.3. The Balaban J connectivity index is 1.05. The van der Waals surface area contributed by atoms with Gasteiger partial charge in [0, 0.05) is 44.0 Å². The minimum absolute atomic E-state index is 0.136. The van der Waals surface area contributed by atoms with Crippen molar-refractivity contribution in [3.05, 3.63) is 71.5 Å². The number of urea groups is 1. The highest BCUT2D eigenvalue weighted by Crippen LogP contribution is 2.31. The number of piperidine rings is 2. The molecule has 4 heterocycles. The third-order valence-corrected chi connectivity index (χ3v) is 8.59. The van der Waals surface area contributed by atoms with Gasteiger partial charge in [-0.15, -0.1) is 0 Å². The Kier molecular flexibility index (Phi) is 8.50. The molecule has 0 aliphatic carbocycles. The summed E-state index contributed by atoms with van der Waals surface area (Å²) in [6, 6.07) is 16.0. The summed E-state index contributed by atoms with van der Waals surface area (Å²) in [7, 11) is 0. The molecule has 11 heteroatoms. The molecule has 2 aromatic carbocycles. The molecule has 4 amide bonds. The van der Waals surface area contributed by atoms with Crippen LogP contribution in [-0.2, 0) is 11.3 Å². The van der Waals surface area contributed by atoms with Crippen molar-refractivity contribution in [2.45, 2.75) is 51.0 Å². The Labute approximate surface area is 251 Å². The van der Waals surface area contributed by atoms with E-state index in [9.17, 15) is 14.4 Å². The Morgan fingerprint density at radius 2 is 1.74 bits per heavy atom. The predicted octanol–water partition coefficient (Wildman–Crippen LogP) is 4.14. The van der Waals surface area contributed by atoms with Gasteiger partial charge in [0.2, 0.25) is 5.91 Å². The van der Waals surface area contributed by atoms with Crippen LogP contribution in [0.5, 0.6) is 0 Å². The van der Waals surface area contributed by atoms with Gasteiger partial charge in [0.05, 0.1) is 6.20 Å². The molecule has 3 fully saturated rings. The number of nitrogens with two attached hydrogens (primary N) is 1. The van der Waals surface area contributed by atoms with Crippen LogP contribution in [0, 0.1) is 0 Å². The molecule has 0 bridgehead atoms. The molecule has 4 N–H and O–H groups in total. The molecule has 11 nitrogen and oxygen atoms in total. The highest BCUT2D eigenvalue weighted by atomic mass is 16.2. The summed E-state index contributed by atoms with van der Waals surface area (Å²) in [5, 5.41) is 5.67. The number of rotatable bonds is 8. The Morgan fingerprint density at radius 1 is 0.977 bits per heavy atom. The number of carbonyl (C=O) groups is 3. The van der Waals surface area contributed by atoms with Gasteiger partial charge in [-0.3, -0.25) is 24.7 Å². The van der Waals surface area contributed by atoms with Gasteiger partial charge < -0.3 is 16.0 Å². The van der Waals surface area contributed by atoms with Gasteiger partial charge >= 0.3 is 6.03 Å². The molecule has 3 aliphatic heterocycles. The van der Waals surface area contributed by atoms with Gasteiger partial charge in [0.15, 0.2) is 11.5 Å². The topological polar surface area (TPSA) is 137 Å². The lowest BCUT2D eigenvalue weighted by molar-refractivity contribution is -0.120. The average molecular weight is 583 g/mol. The summed E-state index contributed by atoms with van der Waals surface area (Å²) < 4.78 is 0. The van der Waals surface area contributed by atoms with E-state index in [1.54, 1.807) is 11.1 Å². The maximum absolute atomic E-state index is 12.3. The van der Waals surface area contributed by atoms with Gasteiger partial charge in [0.25, 0.3) is 5.91 Å². The van der Waals surface area contributed by atoms with Crippen LogP contribution in [0.2, 0.25) is 0 Å². The van der Waals surface area contributed by atoms with Crippen molar-refractivity contribution in [3.8, 4) is 0 Å². The van der Waals surface area contributed by atoms with Gasteiger partial charge in [0.1, 0.15) is 5.82 Å². The molecule has 0 saturated carbocycles. The molecular formula is C32H38N8O3. The molecule has 3 aliphatic rings. The second-order valence-electron chi connectivity index (χ2n) is 11.6. The molecular weight excluding hydrogens is 544 g/mol. The third-order valence-electron chi connectivity index (χ3n) is 8.59. The van der Waals surface area contributed by atoms with Gasteiger partial charge in [-0.25, -0.2) is 14.8 Å². The Bertz CT molecular complexity index is 1480. The van der Waals surface area contributed by atoms with Gasteiger partial charge in [-0.2, -0.15) is 0 Å². The van der Waals surface area contributed by atoms with E-state index in [1.165, 1.54) is 12.0 Å². The number of likely N-dealkylation sites (tertiary alicyclic amines) is 1. The molecule has 6 rings (SSSR count). The van der Waals surface area contributed by atoms with E-state index in [4.69, 9.17) is 10.7 Å². The number of benzene rings is 2. The van der Waals surface area contributed by atoms with Gasteiger partial charge in [-0.1, -0.05) is 24.3 Å². The SMILES string of the molecule is NC(=O)c1ncc(N2CCCCC2)nc1Nc1ccc(C2CCN(Cc3cccc(N4CCC(=O)NC4=O)c3)CC2)cc1. The maximum atomic E-state index is 12.3. The molecule has 3 aromatic rings. The van der Waals surface area contributed by atoms with Crippen LogP contribution in [0.1, 0.15) is 66.1 Å². The summed E-state index contributed by atoms with van der Waals surface area (Å²) in [6.07, 6.45) is 7.53. The second-order valence-corrected chi connectivity index (χ2v) is 11.6. The van der Waals surface area contributed by atoms with Crippen molar-refractivity contribution in [1.82, 2.24) is 20.2 Å². The first-order valence-corrected chi connectivity index (χ1v) is 15.1. The molecule has 0 spiro atoms. The van der Waals surface area contributed by atoms with E-state index in [0.717, 1.165) is 81.2 Å². The third kappa shape index (κ3) is 6.77. The van der Waals surface area contributed by atoms with E-state index < -0.39 is 5.91 Å². The van der Waals surface area contributed by atoms with Crippen molar-refractivity contribution in [3.63, 3.8) is 0 Å². The fourth-order valence-corrected chi connectivity index (χ4v) is 6.21. The quantitative estimate of drug-likeness (QED) is 0.361. The van der Waals surface area contributed by atoms with Crippen LogP contribution in [0.4, 0.5) is 27.8 Å². The summed E-state index contributed by atoms with van der Waals surface area (Å²) in [4.78, 5) is 51.1. The summed E-state index contributed by atoms with van der Waals surface area (Å²) >= 11 is 0. The monoisotopic (exact) mass is 582 g/mol. The van der Waals surface area contributed by atoms with Crippen LogP contribution < -0.4 is 26.2 Å². The van der Waals surface area contributed by atoms with Crippen LogP contribution >= 0.6 is 0 Å². The van der Waals surface area contributed by atoms with Crippen molar-refractivity contribution < 1.29 is 14.4 Å². The molecule has 1 aromatic heterocycles. The smallest absolute Gasteiger partial charge is 0.328 e. The van der Waals surface area contributed by atoms with E-state index in [-0.39, 0.29) is 17.6 Å². The van der Waals surface area contributed by atoms with E-state index in [0.29, 0.717) is 24.7 Å². The number of nitrogens with one attached hydrogen (secondary N) is 2. The minimum atomic E-state index is -0.608. The lowest BCUT2D eigenvalue weighted by Crippen LogP contribution is -2.49. The van der Waals surface area contributed by atoms with Gasteiger partial charge in [-0.05, 0) is 86.5 Å². The predicted molar refractivity (Wildman–Crippen MR) is 166 cm³/mol. The lowest BCUT2D eigenvalue weighted by atomic mass is 9.89. The molecule has 3 saturated heterocycles. The van der Waals surface area contributed by atoms with Crippen molar-refractivity contribution >= 4 is 40.9 Å². The number of carbonyl (C=O) groups excluding carboxylic acids is 3. The minimum Gasteiger partial charge on any atom is -0.364 e. The Hall–Kier alpha value is -4.51. The van der Waals surface area contributed by atoms with Crippen LogP contribution in [0.25, 0.3) is 0 Å². The number of primary amides is 1. The van der Waals surface area contributed by atoms with E-state index in [2.05, 4.69) is 43.6 Å². The van der Waals surface area contributed by atoms with E-state index >= 15 is 0 Å². The number of nitrogens with zero attached hydrogens (tertiary/aromatic N) is 5. The fraction of sp³-hybridized carbons (Fsp3) is 0.406. The number of imide groups is 1. The van der Waals surface area contributed by atoms with Crippen LogP contribution in [-0.4, -0.2) is 65.4 Å². The molecule has 0 atom stereocenters. The average Bonchev–Trinajstić information content (AvgIpc) is 3.02. The first-order chi connectivity index (χ1) is 20.9. The molecule has 224 valence electrons. The lowest BCUT2D eigenvalue weighted by Gasteiger charge is -2.32. The van der Waals surface area contributed by atoms with Crippen LogP contribution in [0.15, 0.2) is 54.7 Å². The molecule has 43 heavy (non-hydrogen) atoms. The molecule has 0 radical (unpaired) electrons. The van der Waals surface area contributed by atoms with E-state index in [1.807, 2.05) is 30.3 Å². The highest BCUT2D eigenvalue weighted by molar-refractivity contribution is 6.05. The number of amides is 4. The van der Waals surface area contributed by atoms with Crippen molar-refractivity contribution in [2.75, 3.05) is 47.8 Å².